The van der Waals surface area contributed by atoms with Crippen molar-refractivity contribution in [1.82, 2.24) is 0 Å². The van der Waals surface area contributed by atoms with E-state index in [1.165, 1.54) is 128 Å². The lowest BCUT2D eigenvalue weighted by molar-refractivity contribution is 1.61. The van der Waals surface area contributed by atoms with Crippen molar-refractivity contribution in [3.8, 4) is 44.5 Å². The molecule has 0 saturated carbocycles. The van der Waals surface area contributed by atoms with Crippen molar-refractivity contribution in [1.29, 1.82) is 0 Å². The number of rotatable bonds is 4. The van der Waals surface area contributed by atoms with Crippen LogP contribution in [0, 0.1) is 0 Å². The van der Waals surface area contributed by atoms with Gasteiger partial charge in [-0.25, -0.2) is 0 Å². The van der Waals surface area contributed by atoms with E-state index >= 15 is 0 Å². The predicted octanol–water partition coefficient (Wildman–Crippen LogP) is 17.7. The van der Waals surface area contributed by atoms with Crippen molar-refractivity contribution in [3.63, 3.8) is 0 Å². The number of benzene rings is 11. The Morgan fingerprint density at radius 3 is 1.20 bits per heavy atom. The molecule has 0 saturated heterocycles. The fourth-order valence-electron chi connectivity index (χ4n) is 9.97. The molecule has 0 amide bonds. The zero-order valence-corrected chi connectivity index (χ0v) is 34.1. The number of hydrogen-bond acceptors (Lipinski definition) is 2. The van der Waals surface area contributed by atoms with E-state index in [0.29, 0.717) is 0 Å². The predicted molar refractivity (Wildman–Crippen MR) is 264 cm³/mol. The molecule has 0 aliphatic carbocycles. The number of thiophene rings is 2. The highest BCUT2D eigenvalue weighted by atomic mass is 32.1. The second-order valence-corrected chi connectivity index (χ2v) is 18.0. The highest BCUT2D eigenvalue weighted by molar-refractivity contribution is 7.27. The van der Waals surface area contributed by atoms with Gasteiger partial charge in [-0.2, -0.15) is 0 Å². The lowest BCUT2D eigenvalue weighted by Crippen LogP contribution is -1.91. The fraction of sp³-hybridized carbons (Fsp3) is 0. The SMILES string of the molecule is c1ccc(-c2ccc(-c3c4cccc(-c5cccc6c5sc5ccc7ccccc7c56)c4cc4c(-c5cccc6c5sc5ccc7ccccc7c56)cccc34)cc2)cc1. The standard InChI is InChI=1S/C58H34S2/c1-2-12-35(13-3-1)36-26-28-39(29-27-36)54-44-20-8-18-42(46-22-10-24-48-55-40-16-6-4-14-37(40)30-32-52(55)59-57(46)48)50(44)34-51-43(19-9-21-45(51)54)47-23-11-25-49-56-41-17-7-5-15-38(41)31-33-53(56)60-58(47)49/h1-34H. The molecule has 0 aliphatic heterocycles. The molecule has 2 aromatic heterocycles. The van der Waals surface area contributed by atoms with Crippen LogP contribution in [0.2, 0.25) is 0 Å². The average Bonchev–Trinajstić information content (AvgIpc) is 3.90. The summed E-state index contributed by atoms with van der Waals surface area (Å²) in [6.07, 6.45) is 0. The summed E-state index contributed by atoms with van der Waals surface area (Å²) in [5, 5.41) is 15.6. The molecule has 0 atom stereocenters. The Morgan fingerprint density at radius 1 is 0.250 bits per heavy atom. The van der Waals surface area contributed by atoms with Gasteiger partial charge in [-0.05, 0) is 94.7 Å². The molecule has 0 nitrogen and oxygen atoms in total. The van der Waals surface area contributed by atoms with E-state index in [1.807, 2.05) is 22.7 Å². The third-order valence-electron chi connectivity index (χ3n) is 12.7. The molecule has 13 rings (SSSR count). The van der Waals surface area contributed by atoms with E-state index in [2.05, 4.69) is 206 Å². The van der Waals surface area contributed by atoms with Crippen molar-refractivity contribution in [2.45, 2.75) is 0 Å². The van der Waals surface area contributed by atoms with E-state index < -0.39 is 0 Å². The monoisotopic (exact) mass is 794 g/mol. The minimum atomic E-state index is 1.22. The highest BCUT2D eigenvalue weighted by Gasteiger charge is 2.20. The van der Waals surface area contributed by atoms with Gasteiger partial charge in [0.2, 0.25) is 0 Å². The Bertz CT molecular complexity index is 3650. The van der Waals surface area contributed by atoms with E-state index in [9.17, 15) is 0 Å². The summed E-state index contributed by atoms with van der Waals surface area (Å²) in [6.45, 7) is 0. The Morgan fingerprint density at radius 2 is 0.667 bits per heavy atom. The van der Waals surface area contributed by atoms with Crippen LogP contribution in [0.3, 0.4) is 0 Å². The largest absolute Gasteiger partial charge is 0.135 e. The maximum atomic E-state index is 2.50. The van der Waals surface area contributed by atoms with Gasteiger partial charge in [-0.15, -0.1) is 22.7 Å². The summed E-state index contributed by atoms with van der Waals surface area (Å²) >= 11 is 3.83. The van der Waals surface area contributed by atoms with Gasteiger partial charge in [0, 0.05) is 51.5 Å². The average molecular weight is 795 g/mol. The summed E-state index contributed by atoms with van der Waals surface area (Å²) in [6, 6.07) is 76.9. The van der Waals surface area contributed by atoms with Gasteiger partial charge in [-0.3, -0.25) is 0 Å². The molecule has 2 heterocycles. The first kappa shape index (κ1) is 33.8. The lowest BCUT2D eigenvalue weighted by atomic mass is 9.85. The summed E-state index contributed by atoms with van der Waals surface area (Å²) in [5.41, 5.74) is 10.0. The Labute approximate surface area is 354 Å². The molecule has 0 bridgehead atoms. The van der Waals surface area contributed by atoms with Crippen molar-refractivity contribution in [2.75, 3.05) is 0 Å². The second-order valence-electron chi connectivity index (χ2n) is 15.9. The van der Waals surface area contributed by atoms with Crippen molar-refractivity contribution >= 4 is 106 Å². The molecular formula is C58H34S2. The van der Waals surface area contributed by atoms with Crippen LogP contribution in [0.5, 0.6) is 0 Å². The minimum absolute atomic E-state index is 1.22. The van der Waals surface area contributed by atoms with E-state index in [-0.39, 0.29) is 0 Å². The first-order valence-corrected chi connectivity index (χ1v) is 22.2. The van der Waals surface area contributed by atoms with Crippen molar-refractivity contribution < 1.29 is 0 Å². The smallest absolute Gasteiger partial charge is 0.0434 e. The lowest BCUT2D eigenvalue weighted by Gasteiger charge is -2.18. The quantitative estimate of drug-likeness (QED) is 0.156. The highest BCUT2D eigenvalue weighted by Crippen LogP contribution is 2.49. The molecule has 13 aromatic rings. The van der Waals surface area contributed by atoms with Crippen molar-refractivity contribution in [2.24, 2.45) is 0 Å². The van der Waals surface area contributed by atoms with Gasteiger partial charge in [-0.1, -0.05) is 188 Å². The Hall–Kier alpha value is -7.10. The van der Waals surface area contributed by atoms with E-state index in [0.717, 1.165) is 0 Å². The summed E-state index contributed by atoms with van der Waals surface area (Å²) in [4.78, 5) is 0. The first-order chi connectivity index (χ1) is 29.8. The Balaban J connectivity index is 1.12. The molecule has 11 aromatic carbocycles. The fourth-order valence-corrected chi connectivity index (χ4v) is 12.5. The molecule has 0 aliphatic rings. The van der Waals surface area contributed by atoms with E-state index in [1.54, 1.807) is 0 Å². The molecule has 0 N–H and O–H groups in total. The summed E-state index contributed by atoms with van der Waals surface area (Å²) < 4.78 is 5.32. The van der Waals surface area contributed by atoms with Crippen LogP contribution in [0.15, 0.2) is 206 Å². The second kappa shape index (κ2) is 13.2. The van der Waals surface area contributed by atoms with Crippen molar-refractivity contribution in [3.05, 3.63) is 206 Å². The van der Waals surface area contributed by atoms with Gasteiger partial charge in [0.1, 0.15) is 0 Å². The molecular weight excluding hydrogens is 761 g/mol. The molecule has 0 fully saturated rings. The zero-order chi connectivity index (χ0) is 39.3. The van der Waals surface area contributed by atoms with E-state index in [4.69, 9.17) is 0 Å². The number of fused-ring (bicyclic) bond motifs is 12. The van der Waals surface area contributed by atoms with Gasteiger partial charge in [0.25, 0.3) is 0 Å². The molecule has 0 radical (unpaired) electrons. The van der Waals surface area contributed by atoms with Gasteiger partial charge < -0.3 is 0 Å². The van der Waals surface area contributed by atoms with Crippen LogP contribution < -0.4 is 0 Å². The van der Waals surface area contributed by atoms with Gasteiger partial charge >= 0.3 is 0 Å². The van der Waals surface area contributed by atoms with Crippen LogP contribution in [0.4, 0.5) is 0 Å². The molecule has 0 spiro atoms. The summed E-state index contributed by atoms with van der Waals surface area (Å²) in [5.74, 6) is 0. The molecule has 278 valence electrons. The van der Waals surface area contributed by atoms with Crippen LogP contribution in [-0.4, -0.2) is 0 Å². The normalized spacial score (nSPS) is 12.0. The Kier molecular flexibility index (Phi) is 7.45. The van der Waals surface area contributed by atoms with Gasteiger partial charge in [0.05, 0.1) is 0 Å². The number of hydrogen-bond donors (Lipinski definition) is 0. The van der Waals surface area contributed by atoms with Crippen LogP contribution in [-0.2, 0) is 0 Å². The van der Waals surface area contributed by atoms with Crippen LogP contribution in [0.25, 0.3) is 128 Å². The topological polar surface area (TPSA) is 0 Å². The van der Waals surface area contributed by atoms with Gasteiger partial charge in [0.15, 0.2) is 0 Å². The zero-order valence-electron chi connectivity index (χ0n) is 32.4. The minimum Gasteiger partial charge on any atom is -0.135 e. The third kappa shape index (κ3) is 5.02. The molecule has 60 heavy (non-hydrogen) atoms. The van der Waals surface area contributed by atoms with Crippen LogP contribution in [0.1, 0.15) is 0 Å². The maximum absolute atomic E-state index is 2.50. The molecule has 0 unspecified atom stereocenters. The summed E-state index contributed by atoms with van der Waals surface area (Å²) in [7, 11) is 0. The molecule has 2 heteroatoms. The third-order valence-corrected chi connectivity index (χ3v) is 15.1. The maximum Gasteiger partial charge on any atom is 0.0434 e. The first-order valence-electron chi connectivity index (χ1n) is 20.6. The van der Waals surface area contributed by atoms with Crippen LogP contribution >= 0.6 is 22.7 Å².